The van der Waals surface area contributed by atoms with Gasteiger partial charge in [0, 0.05) is 45.8 Å². The maximum Gasteiger partial charge on any atom is 0.275 e. The van der Waals surface area contributed by atoms with Gasteiger partial charge in [0.05, 0.1) is 17.2 Å². The second-order valence-electron chi connectivity index (χ2n) is 6.39. The highest BCUT2D eigenvalue weighted by Crippen LogP contribution is 2.21. The van der Waals surface area contributed by atoms with Crippen molar-refractivity contribution in [2.75, 3.05) is 31.1 Å². The van der Waals surface area contributed by atoms with E-state index in [1.807, 2.05) is 18.2 Å². The summed E-state index contributed by atoms with van der Waals surface area (Å²) >= 11 is 0. The van der Waals surface area contributed by atoms with Crippen molar-refractivity contribution in [1.82, 2.24) is 19.4 Å². The number of oxazole rings is 1. The lowest BCUT2D eigenvalue weighted by Crippen LogP contribution is -2.48. The first-order valence-corrected chi connectivity index (χ1v) is 8.44. The summed E-state index contributed by atoms with van der Waals surface area (Å²) in [5, 5.41) is 0.606. The number of nitrogens with zero attached hydrogens (tertiary/aromatic N) is 5. The lowest BCUT2D eigenvalue weighted by atomic mass is 10.2. The maximum absolute atomic E-state index is 12.4. The highest BCUT2D eigenvalue weighted by molar-refractivity contribution is 5.92. The van der Waals surface area contributed by atoms with E-state index in [2.05, 4.69) is 14.9 Å². The summed E-state index contributed by atoms with van der Waals surface area (Å²) in [6.07, 6.45) is 2.94. The van der Waals surface area contributed by atoms with Gasteiger partial charge in [-0.2, -0.15) is 0 Å². The first kappa shape index (κ1) is 16.3. The van der Waals surface area contributed by atoms with Crippen molar-refractivity contribution < 1.29 is 9.21 Å². The van der Waals surface area contributed by atoms with E-state index >= 15 is 0 Å². The van der Waals surface area contributed by atoms with Gasteiger partial charge < -0.3 is 18.8 Å². The molecule has 0 atom stereocenters. The molecule has 0 spiro atoms. The van der Waals surface area contributed by atoms with Crippen molar-refractivity contribution in [2.45, 2.75) is 6.92 Å². The Morgan fingerprint density at radius 3 is 2.65 bits per heavy atom. The Morgan fingerprint density at radius 2 is 1.96 bits per heavy atom. The molecule has 8 nitrogen and oxygen atoms in total. The zero-order valence-corrected chi connectivity index (χ0v) is 14.7. The Kier molecular flexibility index (Phi) is 3.95. The molecule has 1 aliphatic rings. The molecule has 0 saturated carbocycles. The van der Waals surface area contributed by atoms with Gasteiger partial charge in [-0.05, 0) is 18.2 Å². The van der Waals surface area contributed by atoms with Crippen LogP contribution in [-0.4, -0.2) is 51.5 Å². The van der Waals surface area contributed by atoms with Crippen LogP contribution in [0, 0.1) is 6.92 Å². The average molecular weight is 353 g/mol. The molecule has 2 aromatic heterocycles. The van der Waals surface area contributed by atoms with Crippen molar-refractivity contribution in [2.24, 2.45) is 7.05 Å². The van der Waals surface area contributed by atoms with E-state index in [1.165, 1.54) is 17.2 Å². The topological polar surface area (TPSA) is 84.5 Å². The van der Waals surface area contributed by atoms with Crippen LogP contribution in [0.1, 0.15) is 16.4 Å². The molecule has 1 aromatic carbocycles. The fourth-order valence-electron chi connectivity index (χ4n) is 3.19. The van der Waals surface area contributed by atoms with Crippen LogP contribution in [0.3, 0.4) is 0 Å². The van der Waals surface area contributed by atoms with Crippen LogP contribution in [0.15, 0.2) is 40.0 Å². The number of hydrogen-bond acceptors (Lipinski definition) is 6. The summed E-state index contributed by atoms with van der Waals surface area (Å²) in [6.45, 7) is 4.34. The molecule has 3 heterocycles. The number of amides is 1. The molecule has 0 N–H and O–H groups in total. The van der Waals surface area contributed by atoms with Gasteiger partial charge in [-0.3, -0.25) is 9.59 Å². The molecule has 1 amide bonds. The van der Waals surface area contributed by atoms with Gasteiger partial charge in [0.1, 0.15) is 6.26 Å². The molecule has 134 valence electrons. The third-order valence-corrected chi connectivity index (χ3v) is 4.67. The second kappa shape index (κ2) is 6.29. The van der Waals surface area contributed by atoms with Crippen LogP contribution < -0.4 is 10.5 Å². The van der Waals surface area contributed by atoms with Crippen LogP contribution in [0.4, 0.5) is 5.69 Å². The van der Waals surface area contributed by atoms with E-state index in [4.69, 9.17) is 4.42 Å². The molecule has 1 saturated heterocycles. The molecular formula is C18H19N5O3. The maximum atomic E-state index is 12.4. The summed E-state index contributed by atoms with van der Waals surface area (Å²) in [4.78, 5) is 37.0. The summed E-state index contributed by atoms with van der Waals surface area (Å²) in [6, 6.07) is 5.68. The first-order chi connectivity index (χ1) is 12.5. The van der Waals surface area contributed by atoms with Crippen LogP contribution in [-0.2, 0) is 7.05 Å². The summed E-state index contributed by atoms with van der Waals surface area (Å²) in [5.74, 6) is 0.381. The van der Waals surface area contributed by atoms with Crippen LogP contribution in [0.5, 0.6) is 0 Å². The SMILES string of the molecule is Cc1nc(C(=O)N2CCN(c3ccc4c(=O)n(C)cnc4c3)CC2)co1. The summed E-state index contributed by atoms with van der Waals surface area (Å²) in [5.41, 5.74) is 1.98. The molecule has 8 heteroatoms. The smallest absolute Gasteiger partial charge is 0.275 e. The standard InChI is InChI=1S/C18H19N5O3/c1-12-20-16(10-26-12)18(25)23-7-5-22(6-8-23)13-3-4-14-15(9-13)19-11-21(2)17(14)24/h3-4,9-11H,5-8H2,1-2H3. The monoisotopic (exact) mass is 353 g/mol. The van der Waals surface area contributed by atoms with Gasteiger partial charge in [0.25, 0.3) is 11.5 Å². The Hall–Kier alpha value is -3.16. The minimum absolute atomic E-state index is 0.0557. The van der Waals surface area contributed by atoms with Crippen molar-refractivity contribution in [3.05, 3.63) is 52.7 Å². The van der Waals surface area contributed by atoms with Crippen molar-refractivity contribution >= 4 is 22.5 Å². The highest BCUT2D eigenvalue weighted by atomic mass is 16.3. The zero-order chi connectivity index (χ0) is 18.3. The van der Waals surface area contributed by atoms with E-state index in [0.29, 0.717) is 48.7 Å². The number of benzene rings is 1. The van der Waals surface area contributed by atoms with E-state index in [-0.39, 0.29) is 11.5 Å². The molecule has 26 heavy (non-hydrogen) atoms. The lowest BCUT2D eigenvalue weighted by molar-refractivity contribution is 0.0741. The average Bonchev–Trinajstić information content (AvgIpc) is 3.10. The van der Waals surface area contributed by atoms with E-state index in [1.54, 1.807) is 18.9 Å². The quantitative estimate of drug-likeness (QED) is 0.688. The van der Waals surface area contributed by atoms with Gasteiger partial charge in [-0.25, -0.2) is 9.97 Å². The third kappa shape index (κ3) is 2.83. The predicted octanol–water partition coefficient (Wildman–Crippen LogP) is 1.19. The number of aromatic nitrogens is 3. The van der Waals surface area contributed by atoms with Gasteiger partial charge in [-0.15, -0.1) is 0 Å². The molecule has 0 aliphatic carbocycles. The van der Waals surface area contributed by atoms with Crippen molar-refractivity contribution in [1.29, 1.82) is 0 Å². The summed E-state index contributed by atoms with van der Waals surface area (Å²) < 4.78 is 6.59. The molecule has 0 radical (unpaired) electrons. The number of carbonyl (C=O) groups excluding carboxylic acids is 1. The van der Waals surface area contributed by atoms with E-state index in [9.17, 15) is 9.59 Å². The fraction of sp³-hybridized carbons (Fsp3) is 0.333. The number of anilines is 1. The zero-order valence-electron chi connectivity index (χ0n) is 14.7. The Bertz CT molecular complexity index is 1030. The fourth-order valence-corrected chi connectivity index (χ4v) is 3.19. The van der Waals surface area contributed by atoms with Crippen molar-refractivity contribution in [3.63, 3.8) is 0 Å². The molecule has 0 unspecified atom stereocenters. The Morgan fingerprint density at radius 1 is 1.19 bits per heavy atom. The highest BCUT2D eigenvalue weighted by Gasteiger charge is 2.24. The lowest BCUT2D eigenvalue weighted by Gasteiger charge is -2.35. The number of carbonyl (C=O) groups is 1. The largest absolute Gasteiger partial charge is 0.448 e. The number of hydrogen-bond donors (Lipinski definition) is 0. The normalized spacial score (nSPS) is 14.8. The molecule has 1 fully saturated rings. The van der Waals surface area contributed by atoms with Gasteiger partial charge in [-0.1, -0.05) is 0 Å². The van der Waals surface area contributed by atoms with E-state index < -0.39 is 0 Å². The minimum Gasteiger partial charge on any atom is -0.448 e. The van der Waals surface area contributed by atoms with Crippen LogP contribution in [0.25, 0.3) is 10.9 Å². The van der Waals surface area contributed by atoms with Crippen molar-refractivity contribution in [3.8, 4) is 0 Å². The molecule has 0 bridgehead atoms. The third-order valence-electron chi connectivity index (χ3n) is 4.67. The molecule has 4 rings (SSSR count). The first-order valence-electron chi connectivity index (χ1n) is 8.44. The van der Waals surface area contributed by atoms with Gasteiger partial charge in [0.2, 0.25) is 0 Å². The van der Waals surface area contributed by atoms with E-state index in [0.717, 1.165) is 5.69 Å². The molecule has 1 aliphatic heterocycles. The van der Waals surface area contributed by atoms with Crippen LogP contribution >= 0.6 is 0 Å². The Balaban J connectivity index is 1.49. The number of rotatable bonds is 2. The van der Waals surface area contributed by atoms with Gasteiger partial charge >= 0.3 is 0 Å². The molecule has 3 aromatic rings. The Labute approximate surface area is 149 Å². The summed E-state index contributed by atoms with van der Waals surface area (Å²) in [7, 11) is 1.69. The second-order valence-corrected chi connectivity index (χ2v) is 6.39. The predicted molar refractivity (Wildman–Crippen MR) is 96.3 cm³/mol. The number of aryl methyl sites for hydroxylation is 2. The van der Waals surface area contributed by atoms with Gasteiger partial charge in [0.15, 0.2) is 11.6 Å². The number of piperazine rings is 1. The van der Waals surface area contributed by atoms with Crippen LogP contribution in [0.2, 0.25) is 0 Å². The molecular weight excluding hydrogens is 334 g/mol. The minimum atomic E-state index is -0.106. The number of fused-ring (bicyclic) bond motifs is 1.